The summed E-state index contributed by atoms with van der Waals surface area (Å²) in [4.78, 5) is 23.9. The lowest BCUT2D eigenvalue weighted by Crippen LogP contribution is -2.41. The van der Waals surface area contributed by atoms with Crippen LogP contribution < -0.4 is 11.1 Å². The van der Waals surface area contributed by atoms with Crippen LogP contribution in [0.2, 0.25) is 0 Å². The van der Waals surface area contributed by atoms with Crippen molar-refractivity contribution in [2.24, 2.45) is 11.7 Å². The number of carbonyl (C=O) groups is 2. The first kappa shape index (κ1) is 18.6. The van der Waals surface area contributed by atoms with Crippen LogP contribution in [0.1, 0.15) is 23.2 Å². The second kappa shape index (κ2) is 7.56. The zero-order valence-corrected chi connectivity index (χ0v) is 15.6. The van der Waals surface area contributed by atoms with E-state index < -0.39 is 15.9 Å². The van der Waals surface area contributed by atoms with E-state index in [2.05, 4.69) is 5.32 Å². The van der Waals surface area contributed by atoms with Gasteiger partial charge in [-0.05, 0) is 36.4 Å². The number of sulfonamides is 1. The van der Waals surface area contributed by atoms with Gasteiger partial charge in [-0.3, -0.25) is 9.59 Å². The number of para-hydroxylation sites is 1. The van der Waals surface area contributed by atoms with Crippen molar-refractivity contribution in [3.05, 3.63) is 47.3 Å². The molecule has 1 fully saturated rings. The molecule has 0 aliphatic carbocycles. The van der Waals surface area contributed by atoms with E-state index in [1.165, 1.54) is 15.6 Å². The molecule has 2 heterocycles. The molecule has 1 saturated heterocycles. The molecule has 26 heavy (non-hydrogen) atoms. The molecule has 0 atom stereocenters. The number of hydrogen-bond acceptors (Lipinski definition) is 5. The number of anilines is 1. The van der Waals surface area contributed by atoms with Crippen molar-refractivity contribution in [2.75, 3.05) is 18.4 Å². The Morgan fingerprint density at radius 3 is 2.42 bits per heavy atom. The third-order valence-electron chi connectivity index (χ3n) is 4.36. The van der Waals surface area contributed by atoms with Crippen molar-refractivity contribution in [2.45, 2.75) is 17.1 Å². The van der Waals surface area contributed by atoms with Crippen molar-refractivity contribution < 1.29 is 18.0 Å². The fraction of sp³-hybridized carbons (Fsp3) is 0.294. The minimum Gasteiger partial charge on any atom is -0.366 e. The zero-order chi connectivity index (χ0) is 18.7. The second-order valence-electron chi connectivity index (χ2n) is 6.01. The predicted octanol–water partition coefficient (Wildman–Crippen LogP) is 1.89. The summed E-state index contributed by atoms with van der Waals surface area (Å²) in [6.07, 6.45) is 0.852. The van der Waals surface area contributed by atoms with Gasteiger partial charge in [0, 0.05) is 19.0 Å². The van der Waals surface area contributed by atoms with Crippen LogP contribution in [0.5, 0.6) is 0 Å². The van der Waals surface area contributed by atoms with E-state index in [1.807, 2.05) is 0 Å². The highest BCUT2D eigenvalue weighted by Gasteiger charge is 2.32. The number of thiophene rings is 1. The number of amides is 2. The van der Waals surface area contributed by atoms with Crippen LogP contribution in [0.4, 0.5) is 5.69 Å². The van der Waals surface area contributed by atoms with Crippen molar-refractivity contribution in [3.63, 3.8) is 0 Å². The average Bonchev–Trinajstić information content (AvgIpc) is 3.17. The molecule has 1 aliphatic heterocycles. The summed E-state index contributed by atoms with van der Waals surface area (Å²) in [6, 6.07) is 9.83. The molecule has 3 rings (SSSR count). The molecule has 0 bridgehead atoms. The molecule has 0 unspecified atom stereocenters. The molecule has 1 aromatic carbocycles. The molecular weight excluding hydrogens is 374 g/mol. The minimum absolute atomic E-state index is 0.230. The van der Waals surface area contributed by atoms with Gasteiger partial charge in [0.25, 0.3) is 15.9 Å². The first-order valence-electron chi connectivity index (χ1n) is 8.13. The van der Waals surface area contributed by atoms with E-state index in [4.69, 9.17) is 5.73 Å². The molecule has 0 saturated carbocycles. The number of nitrogens with one attached hydrogen (secondary N) is 1. The average molecular weight is 393 g/mol. The smallest absolute Gasteiger partial charge is 0.252 e. The Morgan fingerprint density at radius 1 is 1.12 bits per heavy atom. The monoisotopic (exact) mass is 393 g/mol. The number of benzene rings is 1. The lowest BCUT2D eigenvalue weighted by molar-refractivity contribution is -0.120. The maximum atomic E-state index is 12.5. The van der Waals surface area contributed by atoms with Gasteiger partial charge in [0.1, 0.15) is 4.21 Å². The number of nitrogens with two attached hydrogens (primary N) is 1. The Kier molecular flexibility index (Phi) is 5.40. The van der Waals surface area contributed by atoms with Crippen LogP contribution in [-0.4, -0.2) is 37.6 Å². The van der Waals surface area contributed by atoms with Crippen LogP contribution >= 0.6 is 11.3 Å². The molecule has 0 spiro atoms. The number of hydrogen-bond donors (Lipinski definition) is 2. The Balaban J connectivity index is 1.64. The summed E-state index contributed by atoms with van der Waals surface area (Å²) < 4.78 is 26.8. The molecule has 7 nitrogen and oxygen atoms in total. The Morgan fingerprint density at radius 2 is 1.81 bits per heavy atom. The van der Waals surface area contributed by atoms with Gasteiger partial charge in [-0.2, -0.15) is 4.31 Å². The molecular formula is C17H19N3O4S2. The van der Waals surface area contributed by atoms with Crippen LogP contribution in [0.15, 0.2) is 46.0 Å². The van der Waals surface area contributed by atoms with Crippen molar-refractivity contribution in [1.82, 2.24) is 4.31 Å². The van der Waals surface area contributed by atoms with Crippen LogP contribution in [0, 0.1) is 5.92 Å². The van der Waals surface area contributed by atoms with Gasteiger partial charge in [-0.15, -0.1) is 11.3 Å². The highest BCUT2D eigenvalue weighted by Crippen LogP contribution is 2.27. The Labute approximate surface area is 155 Å². The highest BCUT2D eigenvalue weighted by atomic mass is 32.2. The summed E-state index contributed by atoms with van der Waals surface area (Å²) in [5.74, 6) is -1.16. The molecule has 9 heteroatoms. The van der Waals surface area contributed by atoms with Crippen molar-refractivity contribution >= 4 is 38.9 Å². The van der Waals surface area contributed by atoms with Crippen LogP contribution in [-0.2, 0) is 14.8 Å². The molecule has 2 aromatic rings. The maximum Gasteiger partial charge on any atom is 0.252 e. The summed E-state index contributed by atoms with van der Waals surface area (Å²) in [5, 5.41) is 4.46. The normalized spacial score (nSPS) is 16.3. The van der Waals surface area contributed by atoms with E-state index in [1.54, 1.807) is 41.8 Å². The van der Waals surface area contributed by atoms with Gasteiger partial charge in [0.15, 0.2) is 0 Å². The van der Waals surface area contributed by atoms with Gasteiger partial charge in [-0.25, -0.2) is 8.42 Å². The number of rotatable bonds is 5. The Hall–Kier alpha value is -2.23. The number of nitrogens with zero attached hydrogens (tertiary/aromatic N) is 1. The van der Waals surface area contributed by atoms with E-state index in [-0.39, 0.29) is 30.5 Å². The molecule has 1 aliphatic rings. The molecule has 3 N–H and O–H groups in total. The molecule has 1 aromatic heterocycles. The highest BCUT2D eigenvalue weighted by molar-refractivity contribution is 7.91. The SMILES string of the molecule is NC(=O)c1ccccc1NC(=O)C1CCN(S(=O)(=O)c2cccs2)CC1. The minimum atomic E-state index is -3.49. The zero-order valence-electron chi connectivity index (χ0n) is 13.9. The fourth-order valence-electron chi connectivity index (χ4n) is 2.94. The largest absolute Gasteiger partial charge is 0.366 e. The summed E-state index contributed by atoms with van der Waals surface area (Å²) >= 11 is 1.18. The first-order chi connectivity index (χ1) is 12.4. The van der Waals surface area contributed by atoms with Crippen molar-refractivity contribution in [1.29, 1.82) is 0 Å². The number of piperidine rings is 1. The third kappa shape index (κ3) is 3.79. The van der Waals surface area contributed by atoms with Crippen LogP contribution in [0.3, 0.4) is 0 Å². The fourth-order valence-corrected chi connectivity index (χ4v) is 5.55. The van der Waals surface area contributed by atoms with Gasteiger partial charge >= 0.3 is 0 Å². The number of primary amides is 1. The van der Waals surface area contributed by atoms with Gasteiger partial charge in [0.05, 0.1) is 11.3 Å². The summed E-state index contributed by atoms with van der Waals surface area (Å²) in [5.41, 5.74) is 5.94. The van der Waals surface area contributed by atoms with E-state index in [0.717, 1.165) is 0 Å². The third-order valence-corrected chi connectivity index (χ3v) is 7.64. The van der Waals surface area contributed by atoms with Gasteiger partial charge < -0.3 is 11.1 Å². The topological polar surface area (TPSA) is 110 Å². The standard InChI is InChI=1S/C17H19N3O4S2/c18-16(21)13-4-1-2-5-14(13)19-17(22)12-7-9-20(10-8-12)26(23,24)15-6-3-11-25-15/h1-6,11-12H,7-10H2,(H2,18,21)(H,19,22). The lowest BCUT2D eigenvalue weighted by Gasteiger charge is -2.30. The second-order valence-corrected chi connectivity index (χ2v) is 9.12. The van der Waals surface area contributed by atoms with Crippen molar-refractivity contribution in [3.8, 4) is 0 Å². The van der Waals surface area contributed by atoms with Gasteiger partial charge in [-0.1, -0.05) is 18.2 Å². The lowest BCUT2D eigenvalue weighted by atomic mass is 9.97. The molecule has 2 amide bonds. The van der Waals surface area contributed by atoms with Gasteiger partial charge in [0.2, 0.25) is 5.91 Å². The molecule has 0 radical (unpaired) electrons. The maximum absolute atomic E-state index is 12.5. The van der Waals surface area contributed by atoms with E-state index >= 15 is 0 Å². The Bertz CT molecular complexity index is 902. The molecule has 138 valence electrons. The first-order valence-corrected chi connectivity index (χ1v) is 10.4. The van der Waals surface area contributed by atoms with Crippen LogP contribution in [0.25, 0.3) is 0 Å². The number of carbonyl (C=O) groups excluding carboxylic acids is 2. The van der Waals surface area contributed by atoms with E-state index in [9.17, 15) is 18.0 Å². The van der Waals surface area contributed by atoms with E-state index in [0.29, 0.717) is 22.7 Å². The summed E-state index contributed by atoms with van der Waals surface area (Å²) in [6.45, 7) is 0.575. The quantitative estimate of drug-likeness (QED) is 0.808. The summed E-state index contributed by atoms with van der Waals surface area (Å²) in [7, 11) is -3.49. The predicted molar refractivity (Wildman–Crippen MR) is 99.4 cm³/mol.